The van der Waals surface area contributed by atoms with Crippen molar-refractivity contribution in [2.24, 2.45) is 0 Å². The number of hydrogen-bond acceptors (Lipinski definition) is 6. The van der Waals surface area contributed by atoms with Gasteiger partial charge >= 0.3 is 6.03 Å². The number of nitrogens with zero attached hydrogens (tertiary/aromatic N) is 4. The Balaban J connectivity index is 1.47. The summed E-state index contributed by atoms with van der Waals surface area (Å²) in [6.07, 6.45) is 3.52. The first-order valence-electron chi connectivity index (χ1n) is 7.36. The van der Waals surface area contributed by atoms with Crippen LogP contribution in [-0.4, -0.2) is 39.1 Å². The van der Waals surface area contributed by atoms with Crippen LogP contribution in [0, 0.1) is 13.8 Å². The van der Waals surface area contributed by atoms with Crippen molar-refractivity contribution in [3.63, 3.8) is 0 Å². The zero-order valence-corrected chi connectivity index (χ0v) is 13.5. The molecule has 1 N–H and O–H groups in total. The van der Waals surface area contributed by atoms with E-state index >= 15 is 0 Å². The summed E-state index contributed by atoms with van der Waals surface area (Å²) in [7, 11) is 0. The van der Waals surface area contributed by atoms with Gasteiger partial charge < -0.3 is 14.7 Å². The molecule has 1 saturated heterocycles. The molecule has 1 aliphatic heterocycles. The monoisotopic (exact) mass is 321 g/mol. The summed E-state index contributed by atoms with van der Waals surface area (Å²) in [5.41, 5.74) is 0. The quantitative estimate of drug-likeness (QED) is 0.937. The Labute approximate surface area is 132 Å². The summed E-state index contributed by atoms with van der Waals surface area (Å²) >= 11 is 1.60. The summed E-state index contributed by atoms with van der Waals surface area (Å²) < 4.78 is 5.22. The van der Waals surface area contributed by atoms with Gasteiger partial charge in [-0.2, -0.15) is 4.98 Å². The van der Waals surface area contributed by atoms with Gasteiger partial charge in [0, 0.05) is 30.1 Å². The van der Waals surface area contributed by atoms with Crippen molar-refractivity contribution in [1.82, 2.24) is 25.3 Å². The van der Waals surface area contributed by atoms with Crippen LogP contribution >= 0.6 is 11.3 Å². The minimum atomic E-state index is -0.0220. The van der Waals surface area contributed by atoms with Crippen LogP contribution in [0.5, 0.6) is 0 Å². The van der Waals surface area contributed by atoms with E-state index in [1.807, 2.05) is 24.9 Å². The van der Waals surface area contributed by atoms with Crippen molar-refractivity contribution in [2.45, 2.75) is 39.2 Å². The average molecular weight is 321 g/mol. The van der Waals surface area contributed by atoms with E-state index in [0.717, 1.165) is 22.7 Å². The van der Waals surface area contributed by atoms with E-state index < -0.39 is 0 Å². The number of aromatic nitrogens is 3. The molecule has 2 aromatic heterocycles. The van der Waals surface area contributed by atoms with Crippen molar-refractivity contribution in [2.75, 3.05) is 13.1 Å². The molecule has 0 radical (unpaired) electrons. The van der Waals surface area contributed by atoms with Crippen molar-refractivity contribution < 1.29 is 9.32 Å². The van der Waals surface area contributed by atoms with Gasteiger partial charge in [0.1, 0.15) is 0 Å². The number of aryl methyl sites for hydroxylation is 2. The van der Waals surface area contributed by atoms with Gasteiger partial charge in [-0.1, -0.05) is 5.16 Å². The molecule has 3 rings (SSSR count). The SMILES string of the molecule is Cc1noc(C2CCN(C(=O)NCc3cnc(C)s3)CC2)n1. The Morgan fingerprint density at radius 2 is 2.23 bits per heavy atom. The van der Waals surface area contributed by atoms with E-state index in [2.05, 4.69) is 20.4 Å². The summed E-state index contributed by atoms with van der Waals surface area (Å²) in [5.74, 6) is 1.61. The first kappa shape index (κ1) is 15.0. The third-order valence-electron chi connectivity index (χ3n) is 3.76. The van der Waals surface area contributed by atoms with Crippen LogP contribution in [0.4, 0.5) is 4.79 Å². The number of piperidine rings is 1. The van der Waals surface area contributed by atoms with Crippen molar-refractivity contribution in [3.8, 4) is 0 Å². The lowest BCUT2D eigenvalue weighted by molar-refractivity contribution is 0.175. The van der Waals surface area contributed by atoms with E-state index in [9.17, 15) is 4.79 Å². The predicted octanol–water partition coefficient (Wildman–Crippen LogP) is 2.23. The van der Waals surface area contributed by atoms with Crippen molar-refractivity contribution in [3.05, 3.63) is 27.8 Å². The molecule has 2 aromatic rings. The van der Waals surface area contributed by atoms with Gasteiger partial charge in [-0.25, -0.2) is 9.78 Å². The first-order chi connectivity index (χ1) is 10.6. The number of likely N-dealkylation sites (tertiary alicyclic amines) is 1. The minimum Gasteiger partial charge on any atom is -0.339 e. The molecular weight excluding hydrogens is 302 g/mol. The first-order valence-corrected chi connectivity index (χ1v) is 8.18. The minimum absolute atomic E-state index is 0.0220. The largest absolute Gasteiger partial charge is 0.339 e. The second-order valence-corrected chi connectivity index (χ2v) is 6.76. The second-order valence-electron chi connectivity index (χ2n) is 5.45. The number of thiazole rings is 1. The smallest absolute Gasteiger partial charge is 0.317 e. The van der Waals surface area contributed by atoms with Crippen LogP contribution in [0.15, 0.2) is 10.7 Å². The second kappa shape index (κ2) is 6.43. The van der Waals surface area contributed by atoms with Crippen molar-refractivity contribution >= 4 is 17.4 Å². The zero-order chi connectivity index (χ0) is 15.5. The van der Waals surface area contributed by atoms with Crippen LogP contribution in [0.2, 0.25) is 0 Å². The van der Waals surface area contributed by atoms with Crippen LogP contribution in [0.3, 0.4) is 0 Å². The van der Waals surface area contributed by atoms with Crippen LogP contribution < -0.4 is 5.32 Å². The normalized spacial score (nSPS) is 16.0. The Kier molecular flexibility index (Phi) is 4.37. The van der Waals surface area contributed by atoms with Crippen molar-refractivity contribution in [1.29, 1.82) is 0 Å². The van der Waals surface area contributed by atoms with Gasteiger partial charge in [-0.3, -0.25) is 0 Å². The van der Waals surface area contributed by atoms with Gasteiger partial charge in [-0.05, 0) is 26.7 Å². The number of carbonyl (C=O) groups is 1. The zero-order valence-electron chi connectivity index (χ0n) is 12.7. The molecule has 7 nitrogen and oxygen atoms in total. The van der Waals surface area contributed by atoms with E-state index in [1.54, 1.807) is 11.3 Å². The molecule has 3 heterocycles. The summed E-state index contributed by atoms with van der Waals surface area (Å²) in [6, 6.07) is -0.0220. The molecule has 1 aliphatic rings. The van der Waals surface area contributed by atoms with Crippen LogP contribution in [0.25, 0.3) is 0 Å². The molecule has 1 fully saturated rings. The highest BCUT2D eigenvalue weighted by atomic mass is 32.1. The molecule has 0 unspecified atom stereocenters. The Hall–Kier alpha value is -1.96. The van der Waals surface area contributed by atoms with Crippen LogP contribution in [0.1, 0.15) is 40.4 Å². The third kappa shape index (κ3) is 3.44. The van der Waals surface area contributed by atoms with E-state index in [1.165, 1.54) is 0 Å². The Morgan fingerprint density at radius 3 is 2.82 bits per heavy atom. The molecule has 0 aliphatic carbocycles. The fourth-order valence-electron chi connectivity index (χ4n) is 2.57. The van der Waals surface area contributed by atoms with E-state index in [-0.39, 0.29) is 11.9 Å². The molecule has 2 amide bonds. The number of urea groups is 1. The molecule has 8 heteroatoms. The maximum absolute atomic E-state index is 12.2. The Bertz CT molecular complexity index is 645. The topological polar surface area (TPSA) is 84.2 Å². The van der Waals surface area contributed by atoms with Gasteiger partial charge in [0.25, 0.3) is 0 Å². The molecule has 0 spiro atoms. The highest BCUT2D eigenvalue weighted by molar-refractivity contribution is 7.11. The maximum atomic E-state index is 12.2. The highest BCUT2D eigenvalue weighted by Gasteiger charge is 2.27. The number of amides is 2. The maximum Gasteiger partial charge on any atom is 0.317 e. The van der Waals surface area contributed by atoms with Gasteiger partial charge in [0.2, 0.25) is 5.89 Å². The summed E-state index contributed by atoms with van der Waals surface area (Å²) in [5, 5.41) is 7.79. The lowest BCUT2D eigenvalue weighted by Gasteiger charge is -2.30. The van der Waals surface area contributed by atoms with Gasteiger partial charge in [0.05, 0.1) is 11.6 Å². The molecule has 0 atom stereocenters. The summed E-state index contributed by atoms with van der Waals surface area (Å²) in [4.78, 5) is 23.5. The fourth-order valence-corrected chi connectivity index (χ4v) is 3.30. The standard InChI is InChI=1S/C14H19N5O2S/c1-9-17-13(21-18-9)11-3-5-19(6-4-11)14(20)16-8-12-7-15-10(2)22-12/h7,11H,3-6,8H2,1-2H3,(H,16,20). The molecule has 0 aromatic carbocycles. The molecular formula is C14H19N5O2S. The molecule has 0 saturated carbocycles. The fraction of sp³-hybridized carbons (Fsp3) is 0.571. The highest BCUT2D eigenvalue weighted by Crippen LogP contribution is 2.26. The number of hydrogen-bond donors (Lipinski definition) is 1. The van der Waals surface area contributed by atoms with Gasteiger partial charge in [-0.15, -0.1) is 11.3 Å². The van der Waals surface area contributed by atoms with Crippen LogP contribution in [-0.2, 0) is 6.54 Å². The average Bonchev–Trinajstić information content (AvgIpc) is 3.13. The summed E-state index contributed by atoms with van der Waals surface area (Å²) in [6.45, 7) is 5.73. The lowest BCUT2D eigenvalue weighted by atomic mass is 9.97. The van der Waals surface area contributed by atoms with Gasteiger partial charge in [0.15, 0.2) is 5.82 Å². The van der Waals surface area contributed by atoms with E-state index in [4.69, 9.17) is 4.52 Å². The predicted molar refractivity (Wildman–Crippen MR) is 81.7 cm³/mol. The van der Waals surface area contributed by atoms with E-state index in [0.29, 0.717) is 31.3 Å². The molecule has 118 valence electrons. The number of rotatable bonds is 3. The molecule has 0 bridgehead atoms. The number of nitrogens with one attached hydrogen (secondary N) is 1. The number of carbonyl (C=O) groups excluding carboxylic acids is 1. The third-order valence-corrected chi connectivity index (χ3v) is 4.67. The lowest BCUT2D eigenvalue weighted by Crippen LogP contribution is -2.43. The Morgan fingerprint density at radius 1 is 1.45 bits per heavy atom. The molecule has 22 heavy (non-hydrogen) atoms.